The number of nitrogens with zero attached hydrogens (tertiary/aromatic N) is 1. The maximum absolute atomic E-state index is 12.8. The van der Waals surface area contributed by atoms with Crippen molar-refractivity contribution < 1.29 is 4.79 Å². The summed E-state index contributed by atoms with van der Waals surface area (Å²) in [6, 6.07) is 9.17. The number of nitrogens with one attached hydrogen (secondary N) is 1. The van der Waals surface area contributed by atoms with Crippen LogP contribution in [0.5, 0.6) is 0 Å². The number of hydrogen-bond donors (Lipinski definition) is 1. The molecule has 4 nitrogen and oxygen atoms in total. The van der Waals surface area contributed by atoms with Crippen LogP contribution in [-0.2, 0) is 11.2 Å². The van der Waals surface area contributed by atoms with Gasteiger partial charge in [0.15, 0.2) is 5.78 Å². The zero-order chi connectivity index (χ0) is 16.4. The van der Waals surface area contributed by atoms with Gasteiger partial charge in [0.05, 0.1) is 6.04 Å². The van der Waals surface area contributed by atoms with Crippen molar-refractivity contribution in [2.75, 3.05) is 14.1 Å². The first kappa shape index (κ1) is 15.6. The molecule has 0 saturated heterocycles. The molecule has 0 aliphatic rings. The van der Waals surface area contributed by atoms with Crippen LogP contribution < -0.4 is 5.56 Å². The van der Waals surface area contributed by atoms with Gasteiger partial charge >= 0.3 is 0 Å². The van der Waals surface area contributed by atoms with E-state index in [4.69, 9.17) is 0 Å². The minimum atomic E-state index is -0.240. The normalized spacial score (nSPS) is 12.7. The van der Waals surface area contributed by atoms with E-state index >= 15 is 0 Å². The van der Waals surface area contributed by atoms with Crippen molar-refractivity contribution in [1.82, 2.24) is 9.88 Å². The lowest BCUT2D eigenvalue weighted by Crippen LogP contribution is -2.28. The highest BCUT2D eigenvalue weighted by Gasteiger charge is 2.23. The maximum atomic E-state index is 12.8. The van der Waals surface area contributed by atoms with E-state index < -0.39 is 0 Å². The lowest BCUT2D eigenvalue weighted by Gasteiger charge is -2.22. The van der Waals surface area contributed by atoms with Crippen LogP contribution in [0.2, 0.25) is 0 Å². The van der Waals surface area contributed by atoms with Gasteiger partial charge in [-0.15, -0.1) is 0 Å². The van der Waals surface area contributed by atoms with E-state index in [0.29, 0.717) is 11.8 Å². The third-order valence-electron chi connectivity index (χ3n) is 3.90. The Kier molecular flexibility index (Phi) is 4.41. The number of fused-ring (bicyclic) bond motifs is 1. The number of thiophene rings is 1. The largest absolute Gasteiger partial charge is 0.329 e. The molecule has 23 heavy (non-hydrogen) atoms. The third-order valence-corrected chi connectivity index (χ3v) is 4.60. The number of rotatable bonds is 5. The molecule has 1 aromatic carbocycles. The number of H-pyrrole nitrogens is 1. The lowest BCUT2D eigenvalue weighted by molar-refractivity contribution is -0.123. The number of aromatic amines is 1. The van der Waals surface area contributed by atoms with E-state index in [-0.39, 0.29) is 17.4 Å². The SMILES string of the molecule is CN(C)C(C(=O)Cc1ccc2c(=O)[nH]ccc2c1)c1ccsc1. The number of pyridine rings is 1. The Morgan fingerprint density at radius 1 is 1.26 bits per heavy atom. The molecule has 2 heterocycles. The van der Waals surface area contributed by atoms with E-state index in [9.17, 15) is 9.59 Å². The van der Waals surface area contributed by atoms with Crippen molar-refractivity contribution >= 4 is 27.9 Å². The first-order valence-electron chi connectivity index (χ1n) is 7.38. The third kappa shape index (κ3) is 3.25. The first-order valence-corrected chi connectivity index (χ1v) is 8.32. The molecule has 0 radical (unpaired) electrons. The van der Waals surface area contributed by atoms with E-state index in [1.807, 2.05) is 54.0 Å². The van der Waals surface area contributed by atoms with Gasteiger partial charge in [-0.3, -0.25) is 14.5 Å². The highest BCUT2D eigenvalue weighted by molar-refractivity contribution is 7.08. The summed E-state index contributed by atoms with van der Waals surface area (Å²) in [6.07, 6.45) is 1.98. The Morgan fingerprint density at radius 3 is 2.78 bits per heavy atom. The molecule has 0 fully saturated rings. The van der Waals surface area contributed by atoms with Gasteiger partial charge in [0.25, 0.3) is 5.56 Å². The minimum Gasteiger partial charge on any atom is -0.329 e. The Bertz CT molecular complexity index is 881. The van der Waals surface area contributed by atoms with Gasteiger partial charge < -0.3 is 4.98 Å². The fourth-order valence-corrected chi connectivity index (χ4v) is 3.53. The van der Waals surface area contributed by atoms with Crippen molar-refractivity contribution in [3.63, 3.8) is 0 Å². The van der Waals surface area contributed by atoms with E-state index in [1.54, 1.807) is 23.6 Å². The number of likely N-dealkylation sites (N-methyl/N-ethyl adjacent to an activating group) is 1. The molecule has 118 valence electrons. The van der Waals surface area contributed by atoms with Gasteiger partial charge in [0, 0.05) is 18.0 Å². The monoisotopic (exact) mass is 326 g/mol. The van der Waals surface area contributed by atoms with Crippen LogP contribution >= 0.6 is 11.3 Å². The topological polar surface area (TPSA) is 53.2 Å². The maximum Gasteiger partial charge on any atom is 0.255 e. The molecule has 5 heteroatoms. The zero-order valence-electron chi connectivity index (χ0n) is 13.1. The second kappa shape index (κ2) is 6.48. The number of ketones is 1. The van der Waals surface area contributed by atoms with Gasteiger partial charge in [-0.2, -0.15) is 11.3 Å². The van der Waals surface area contributed by atoms with E-state index in [2.05, 4.69) is 4.98 Å². The number of Topliss-reactive ketones (excluding diaryl/α,β-unsaturated/α-hetero) is 1. The second-order valence-electron chi connectivity index (χ2n) is 5.79. The Labute approximate surface area is 138 Å². The zero-order valence-corrected chi connectivity index (χ0v) is 13.9. The molecular formula is C18H18N2O2S. The van der Waals surface area contributed by atoms with Crippen molar-refractivity contribution in [3.8, 4) is 0 Å². The van der Waals surface area contributed by atoms with Gasteiger partial charge in [-0.05, 0) is 59.6 Å². The molecule has 0 spiro atoms. The average Bonchev–Trinajstić information content (AvgIpc) is 3.01. The summed E-state index contributed by atoms with van der Waals surface area (Å²) in [4.78, 5) is 29.1. The highest BCUT2D eigenvalue weighted by atomic mass is 32.1. The fraction of sp³-hybridized carbons (Fsp3) is 0.222. The van der Waals surface area contributed by atoms with E-state index in [1.165, 1.54) is 0 Å². The molecule has 0 aliphatic carbocycles. The number of benzene rings is 1. The Morgan fingerprint density at radius 2 is 2.09 bits per heavy atom. The smallest absolute Gasteiger partial charge is 0.255 e. The summed E-state index contributed by atoms with van der Waals surface area (Å²) < 4.78 is 0. The number of carbonyl (C=O) groups is 1. The van der Waals surface area contributed by atoms with Gasteiger partial charge in [0.1, 0.15) is 0 Å². The lowest BCUT2D eigenvalue weighted by atomic mass is 9.97. The van der Waals surface area contributed by atoms with Crippen LogP contribution in [0.25, 0.3) is 10.8 Å². The van der Waals surface area contributed by atoms with E-state index in [0.717, 1.165) is 16.5 Å². The number of carbonyl (C=O) groups excluding carboxylic acids is 1. The van der Waals surface area contributed by atoms with Crippen LogP contribution in [0.1, 0.15) is 17.2 Å². The molecule has 0 bridgehead atoms. The van der Waals surface area contributed by atoms with Crippen LogP contribution in [0.4, 0.5) is 0 Å². The molecule has 1 N–H and O–H groups in total. The average molecular weight is 326 g/mol. The number of aromatic nitrogens is 1. The van der Waals surface area contributed by atoms with Crippen LogP contribution in [-0.4, -0.2) is 29.8 Å². The summed E-state index contributed by atoms with van der Waals surface area (Å²) in [5, 5.41) is 5.51. The summed E-state index contributed by atoms with van der Waals surface area (Å²) in [6.45, 7) is 0. The Hall–Kier alpha value is -2.24. The predicted octanol–water partition coefficient (Wildman–Crippen LogP) is 3.00. The van der Waals surface area contributed by atoms with Crippen LogP contribution in [0.3, 0.4) is 0 Å². The van der Waals surface area contributed by atoms with Gasteiger partial charge in [0.2, 0.25) is 0 Å². The standard InChI is InChI=1S/C18H18N2O2S/c1-20(2)17(14-6-8-23-11-14)16(21)10-12-3-4-15-13(9-12)5-7-19-18(15)22/h3-9,11,17H,10H2,1-2H3,(H,19,22). The molecule has 3 rings (SSSR count). The van der Waals surface area contributed by atoms with Crippen molar-refractivity contribution in [1.29, 1.82) is 0 Å². The quantitative estimate of drug-likeness (QED) is 0.784. The summed E-state index contributed by atoms with van der Waals surface area (Å²) in [5.74, 6) is 0.151. The molecule has 0 saturated carbocycles. The van der Waals surface area contributed by atoms with Crippen LogP contribution in [0, 0.1) is 0 Å². The summed E-state index contributed by atoms with van der Waals surface area (Å²) in [7, 11) is 3.83. The van der Waals surface area contributed by atoms with Crippen molar-refractivity contribution in [3.05, 3.63) is 68.8 Å². The summed E-state index contributed by atoms with van der Waals surface area (Å²) in [5.41, 5.74) is 1.85. The second-order valence-corrected chi connectivity index (χ2v) is 6.57. The van der Waals surface area contributed by atoms with Crippen LogP contribution in [0.15, 0.2) is 52.1 Å². The Balaban J connectivity index is 1.88. The minimum absolute atomic E-state index is 0.107. The fourth-order valence-electron chi connectivity index (χ4n) is 2.85. The molecule has 3 aromatic rings. The number of hydrogen-bond acceptors (Lipinski definition) is 4. The summed E-state index contributed by atoms with van der Waals surface area (Å²) >= 11 is 1.60. The molecular weight excluding hydrogens is 308 g/mol. The first-order chi connectivity index (χ1) is 11.1. The van der Waals surface area contributed by atoms with Gasteiger partial charge in [-0.1, -0.05) is 12.1 Å². The molecule has 2 aromatic heterocycles. The molecule has 1 atom stereocenters. The van der Waals surface area contributed by atoms with Gasteiger partial charge in [-0.25, -0.2) is 0 Å². The predicted molar refractivity (Wildman–Crippen MR) is 94.0 cm³/mol. The molecule has 0 amide bonds. The van der Waals surface area contributed by atoms with Crippen molar-refractivity contribution in [2.45, 2.75) is 12.5 Å². The molecule has 1 unspecified atom stereocenters. The van der Waals surface area contributed by atoms with Crippen molar-refractivity contribution in [2.24, 2.45) is 0 Å². The molecule has 0 aliphatic heterocycles. The highest BCUT2D eigenvalue weighted by Crippen LogP contribution is 2.24.